The minimum absolute atomic E-state index is 0.711. The van der Waals surface area contributed by atoms with E-state index in [-0.39, 0.29) is 0 Å². The van der Waals surface area contributed by atoms with Crippen LogP contribution in [0.4, 0.5) is 0 Å². The number of aliphatic imine (C=N–C) groups is 1. The molecule has 12 heavy (non-hydrogen) atoms. The molecule has 0 aliphatic heterocycles. The van der Waals surface area contributed by atoms with Crippen LogP contribution in [0, 0.1) is 11.3 Å². The molecule has 0 amide bonds. The van der Waals surface area contributed by atoms with Gasteiger partial charge in [0.25, 0.3) is 0 Å². The van der Waals surface area contributed by atoms with Crippen molar-refractivity contribution in [3.63, 3.8) is 0 Å². The Bertz CT molecular complexity index is 333. The van der Waals surface area contributed by atoms with Gasteiger partial charge in [0.05, 0.1) is 6.07 Å². The molecule has 0 unspecified atom stereocenters. The summed E-state index contributed by atoms with van der Waals surface area (Å²) >= 11 is 0. The lowest BCUT2D eigenvalue weighted by Gasteiger charge is -1.98. The first-order chi connectivity index (χ1) is 5.88. The number of hydrogen-bond acceptors (Lipinski definition) is 3. The topological polar surface area (TPSA) is 53.2 Å². The van der Waals surface area contributed by atoms with Crippen LogP contribution in [0.1, 0.15) is 11.6 Å². The van der Waals surface area contributed by atoms with Gasteiger partial charge in [-0.3, -0.25) is 0 Å². The van der Waals surface area contributed by atoms with Crippen molar-refractivity contribution in [1.29, 1.82) is 5.26 Å². The second-order valence-electron chi connectivity index (χ2n) is 2.16. The van der Waals surface area contributed by atoms with Gasteiger partial charge in [0.1, 0.15) is 0 Å². The summed E-state index contributed by atoms with van der Waals surface area (Å²) in [5, 5.41) is 8.59. The minimum Gasteiger partial charge on any atom is -0.211 e. The molecular weight excluding hydrogens is 152 g/mol. The Morgan fingerprint density at radius 1 is 1.33 bits per heavy atom. The summed E-state index contributed by atoms with van der Waals surface area (Å²) in [6.07, 6.45) is 1.37. The molecule has 0 saturated heterocycles. The smallest absolute Gasteiger partial charge is 0.211 e. The van der Waals surface area contributed by atoms with Gasteiger partial charge in [-0.05, 0) is 5.56 Å². The Kier molecular flexibility index (Phi) is 2.78. The summed E-state index contributed by atoms with van der Waals surface area (Å²) in [7, 11) is 0. The fourth-order valence-corrected chi connectivity index (χ4v) is 0.866. The maximum absolute atomic E-state index is 9.90. The molecule has 0 aliphatic rings. The summed E-state index contributed by atoms with van der Waals surface area (Å²) in [4.78, 5) is 13.3. The van der Waals surface area contributed by atoms with Crippen molar-refractivity contribution < 1.29 is 4.79 Å². The Hall–Kier alpha value is -1.91. The molecule has 1 atom stereocenters. The van der Waals surface area contributed by atoms with Crippen LogP contribution >= 0.6 is 0 Å². The van der Waals surface area contributed by atoms with E-state index in [4.69, 9.17) is 5.26 Å². The van der Waals surface area contributed by atoms with Crippen molar-refractivity contribution in [2.75, 3.05) is 0 Å². The molecule has 0 bridgehead atoms. The van der Waals surface area contributed by atoms with Crippen LogP contribution < -0.4 is 0 Å². The van der Waals surface area contributed by atoms with Crippen LogP contribution in [0.3, 0.4) is 0 Å². The summed E-state index contributed by atoms with van der Waals surface area (Å²) < 4.78 is 0. The van der Waals surface area contributed by atoms with Crippen molar-refractivity contribution in [2.45, 2.75) is 6.04 Å². The number of hydrogen-bond donors (Lipinski definition) is 0. The van der Waals surface area contributed by atoms with E-state index in [0.29, 0.717) is 5.56 Å². The molecule has 0 aromatic heterocycles. The molecule has 0 spiro atoms. The molecule has 0 radical (unpaired) electrons. The van der Waals surface area contributed by atoms with E-state index < -0.39 is 6.04 Å². The Labute approximate surface area is 70.0 Å². The zero-order valence-electron chi connectivity index (χ0n) is 6.27. The average Bonchev–Trinajstić information content (AvgIpc) is 2.15. The molecule has 58 valence electrons. The van der Waals surface area contributed by atoms with Gasteiger partial charge in [-0.15, -0.1) is 0 Å². The summed E-state index contributed by atoms with van der Waals surface area (Å²) in [5.74, 6) is 0. The number of nitrogens with zero attached hydrogens (tertiary/aromatic N) is 2. The quantitative estimate of drug-likeness (QED) is 0.484. The number of nitriles is 1. The molecular formula is C9H6N2O. The Morgan fingerprint density at radius 2 is 2.00 bits per heavy atom. The van der Waals surface area contributed by atoms with Crippen molar-refractivity contribution >= 4 is 6.08 Å². The normalized spacial score (nSPS) is 10.9. The standard InChI is InChI=1S/C9H6N2O/c10-6-9(11-7-12)8-4-2-1-3-5-8/h1-5,9H/t9-/m0/s1. The number of isocyanates is 1. The molecule has 0 heterocycles. The number of rotatable bonds is 2. The fourth-order valence-electron chi connectivity index (χ4n) is 0.866. The lowest BCUT2D eigenvalue weighted by Crippen LogP contribution is -1.89. The first-order valence-corrected chi connectivity index (χ1v) is 3.40. The van der Waals surface area contributed by atoms with Gasteiger partial charge in [-0.2, -0.15) is 10.3 Å². The Balaban J connectivity index is 2.97. The predicted molar refractivity (Wildman–Crippen MR) is 42.9 cm³/mol. The third-order valence-corrected chi connectivity index (χ3v) is 1.42. The maximum Gasteiger partial charge on any atom is 0.236 e. The van der Waals surface area contributed by atoms with E-state index in [1.165, 1.54) is 6.08 Å². The molecule has 3 heteroatoms. The number of benzene rings is 1. The summed E-state index contributed by atoms with van der Waals surface area (Å²) in [6.45, 7) is 0. The van der Waals surface area contributed by atoms with Crippen LogP contribution in [0.5, 0.6) is 0 Å². The average molecular weight is 158 g/mol. The summed E-state index contributed by atoms with van der Waals surface area (Å²) in [5.41, 5.74) is 0.711. The van der Waals surface area contributed by atoms with Crippen LogP contribution in [-0.2, 0) is 4.79 Å². The van der Waals surface area contributed by atoms with Gasteiger partial charge >= 0.3 is 0 Å². The van der Waals surface area contributed by atoms with Gasteiger partial charge < -0.3 is 0 Å². The monoisotopic (exact) mass is 158 g/mol. The van der Waals surface area contributed by atoms with Crippen molar-refractivity contribution in [3.8, 4) is 6.07 Å². The highest BCUT2D eigenvalue weighted by Gasteiger charge is 2.05. The van der Waals surface area contributed by atoms with E-state index in [9.17, 15) is 4.79 Å². The van der Waals surface area contributed by atoms with E-state index in [1.807, 2.05) is 12.1 Å². The largest absolute Gasteiger partial charge is 0.236 e. The van der Waals surface area contributed by atoms with E-state index in [0.717, 1.165) is 0 Å². The highest BCUT2D eigenvalue weighted by atomic mass is 16.1. The molecule has 1 aromatic carbocycles. The highest BCUT2D eigenvalue weighted by Crippen LogP contribution is 2.14. The van der Waals surface area contributed by atoms with Crippen LogP contribution in [0.15, 0.2) is 35.3 Å². The van der Waals surface area contributed by atoms with Gasteiger partial charge in [-0.1, -0.05) is 30.3 Å². The molecule has 1 rings (SSSR count). The fraction of sp³-hybridized carbons (Fsp3) is 0.111. The van der Waals surface area contributed by atoms with Crippen molar-refractivity contribution in [3.05, 3.63) is 35.9 Å². The SMILES string of the molecule is N#C[C@H](N=C=O)c1ccccc1. The van der Waals surface area contributed by atoms with Gasteiger partial charge in [0.2, 0.25) is 6.08 Å². The zero-order chi connectivity index (χ0) is 8.81. The van der Waals surface area contributed by atoms with Crippen LogP contribution in [-0.4, -0.2) is 6.08 Å². The van der Waals surface area contributed by atoms with Gasteiger partial charge in [0, 0.05) is 0 Å². The van der Waals surface area contributed by atoms with E-state index in [1.54, 1.807) is 24.3 Å². The zero-order valence-corrected chi connectivity index (χ0v) is 6.27. The molecule has 1 aromatic rings. The molecule has 0 aliphatic carbocycles. The summed E-state index contributed by atoms with van der Waals surface area (Å²) in [6, 6.07) is 10.1. The van der Waals surface area contributed by atoms with Gasteiger partial charge in [-0.25, -0.2) is 4.79 Å². The second kappa shape index (κ2) is 4.07. The number of carbonyl (C=O) groups excluding carboxylic acids is 1. The van der Waals surface area contributed by atoms with Crippen molar-refractivity contribution in [2.24, 2.45) is 4.99 Å². The lowest BCUT2D eigenvalue weighted by atomic mass is 10.1. The molecule has 0 saturated carbocycles. The van der Waals surface area contributed by atoms with Crippen LogP contribution in [0.2, 0.25) is 0 Å². The first kappa shape index (κ1) is 8.19. The van der Waals surface area contributed by atoms with Gasteiger partial charge in [0.15, 0.2) is 6.04 Å². The van der Waals surface area contributed by atoms with E-state index in [2.05, 4.69) is 4.99 Å². The molecule has 0 fully saturated rings. The third kappa shape index (κ3) is 1.79. The molecule has 3 nitrogen and oxygen atoms in total. The predicted octanol–water partition coefficient (Wildman–Crippen LogP) is 1.59. The second-order valence-corrected chi connectivity index (χ2v) is 2.16. The third-order valence-electron chi connectivity index (χ3n) is 1.42. The highest BCUT2D eigenvalue weighted by molar-refractivity contribution is 5.37. The maximum atomic E-state index is 9.90. The van der Waals surface area contributed by atoms with Crippen molar-refractivity contribution in [1.82, 2.24) is 0 Å². The molecule has 0 N–H and O–H groups in total. The Morgan fingerprint density at radius 3 is 2.50 bits per heavy atom. The minimum atomic E-state index is -0.719. The first-order valence-electron chi connectivity index (χ1n) is 3.40. The lowest BCUT2D eigenvalue weighted by molar-refractivity contribution is 0.561. The van der Waals surface area contributed by atoms with E-state index >= 15 is 0 Å². The van der Waals surface area contributed by atoms with Crippen LogP contribution in [0.25, 0.3) is 0 Å².